The van der Waals surface area contributed by atoms with Gasteiger partial charge in [-0.05, 0) is 36.8 Å². The van der Waals surface area contributed by atoms with E-state index in [2.05, 4.69) is 9.88 Å². The molecule has 2 amide bonds. The molecule has 1 aromatic carbocycles. The maximum Gasteiger partial charge on any atom is 0.407 e. The van der Waals surface area contributed by atoms with E-state index >= 15 is 0 Å². The summed E-state index contributed by atoms with van der Waals surface area (Å²) in [5.74, 6) is -0.157. The van der Waals surface area contributed by atoms with Crippen LogP contribution < -0.4 is 4.90 Å². The first kappa shape index (κ1) is 20.1. The van der Waals surface area contributed by atoms with Crippen LogP contribution in [0.3, 0.4) is 0 Å². The Morgan fingerprint density at radius 3 is 2.50 bits per heavy atom. The summed E-state index contributed by atoms with van der Waals surface area (Å²) in [6.07, 6.45) is 0.605. The van der Waals surface area contributed by atoms with Crippen LogP contribution >= 0.6 is 11.6 Å². The average molecular weight is 403 g/mol. The number of rotatable bonds is 4. The van der Waals surface area contributed by atoms with Crippen molar-refractivity contribution in [2.45, 2.75) is 19.5 Å². The molecular formula is C20H23ClN4O3. The Morgan fingerprint density at radius 2 is 1.93 bits per heavy atom. The summed E-state index contributed by atoms with van der Waals surface area (Å²) in [7, 11) is 1.72. The van der Waals surface area contributed by atoms with Gasteiger partial charge in [0, 0.05) is 51.2 Å². The molecule has 1 aliphatic heterocycles. The van der Waals surface area contributed by atoms with Crippen molar-refractivity contribution < 1.29 is 14.7 Å². The Bertz CT molecular complexity index is 842. The largest absolute Gasteiger partial charge is 0.465 e. The Morgan fingerprint density at radius 1 is 1.21 bits per heavy atom. The van der Waals surface area contributed by atoms with E-state index in [9.17, 15) is 14.7 Å². The smallest absolute Gasteiger partial charge is 0.407 e. The van der Waals surface area contributed by atoms with E-state index in [0.717, 1.165) is 17.8 Å². The first-order valence-electron chi connectivity index (χ1n) is 9.05. The molecule has 0 radical (unpaired) electrons. The van der Waals surface area contributed by atoms with Crippen LogP contribution in [0.25, 0.3) is 0 Å². The van der Waals surface area contributed by atoms with Crippen LogP contribution in [0.15, 0.2) is 42.6 Å². The Hall–Kier alpha value is -2.64. The van der Waals surface area contributed by atoms with E-state index in [1.165, 1.54) is 11.1 Å². The third-order valence-electron chi connectivity index (χ3n) is 4.97. The van der Waals surface area contributed by atoms with Gasteiger partial charge in [0.1, 0.15) is 5.15 Å². The molecule has 1 fully saturated rings. The number of benzene rings is 1. The number of carboxylic acid groups (broad SMARTS) is 1. The van der Waals surface area contributed by atoms with Crippen LogP contribution in [0.4, 0.5) is 10.5 Å². The molecule has 2 aromatic rings. The molecule has 0 bridgehead atoms. The molecule has 2 heterocycles. The van der Waals surface area contributed by atoms with E-state index in [1.807, 2.05) is 31.2 Å². The number of aromatic nitrogens is 1. The zero-order valence-corrected chi connectivity index (χ0v) is 16.6. The van der Waals surface area contributed by atoms with Crippen molar-refractivity contribution in [1.29, 1.82) is 0 Å². The minimum Gasteiger partial charge on any atom is -0.465 e. The van der Waals surface area contributed by atoms with Gasteiger partial charge in [-0.1, -0.05) is 23.7 Å². The number of anilines is 1. The number of amides is 2. The van der Waals surface area contributed by atoms with Gasteiger partial charge in [0.15, 0.2) is 0 Å². The molecular weight excluding hydrogens is 380 g/mol. The van der Waals surface area contributed by atoms with Crippen molar-refractivity contribution in [2.24, 2.45) is 0 Å². The van der Waals surface area contributed by atoms with Crippen molar-refractivity contribution in [3.05, 3.63) is 58.9 Å². The fourth-order valence-electron chi connectivity index (χ4n) is 3.36. The molecule has 1 saturated heterocycles. The quantitative estimate of drug-likeness (QED) is 0.795. The van der Waals surface area contributed by atoms with Gasteiger partial charge in [0.2, 0.25) is 0 Å². The molecule has 7 nitrogen and oxygen atoms in total. The number of carbonyl (C=O) groups is 2. The normalized spacial score (nSPS) is 17.4. The van der Waals surface area contributed by atoms with Gasteiger partial charge in [0.25, 0.3) is 5.91 Å². The molecule has 28 heavy (non-hydrogen) atoms. The van der Waals surface area contributed by atoms with Gasteiger partial charge in [-0.2, -0.15) is 0 Å². The van der Waals surface area contributed by atoms with E-state index < -0.39 is 6.09 Å². The van der Waals surface area contributed by atoms with Crippen LogP contribution in [0.2, 0.25) is 5.15 Å². The number of piperazine rings is 1. The van der Waals surface area contributed by atoms with Crippen LogP contribution in [0.5, 0.6) is 0 Å². The molecule has 1 aromatic heterocycles. The number of carbonyl (C=O) groups excluding carboxylic acids is 1. The lowest BCUT2D eigenvalue weighted by molar-refractivity contribution is 0.0711. The molecule has 0 unspecified atom stereocenters. The molecule has 1 N–H and O–H groups in total. The number of hydrogen-bond donors (Lipinski definition) is 1. The minimum atomic E-state index is -0.861. The highest BCUT2D eigenvalue weighted by atomic mass is 35.5. The highest BCUT2D eigenvalue weighted by Gasteiger charge is 2.26. The van der Waals surface area contributed by atoms with Crippen molar-refractivity contribution in [3.63, 3.8) is 0 Å². The zero-order chi connectivity index (χ0) is 20.3. The van der Waals surface area contributed by atoms with Gasteiger partial charge in [-0.15, -0.1) is 0 Å². The average Bonchev–Trinajstić information content (AvgIpc) is 2.68. The fraction of sp³-hybridized carbons (Fsp3) is 0.350. The number of hydrogen-bond acceptors (Lipinski definition) is 4. The lowest BCUT2D eigenvalue weighted by atomic mass is 10.1. The predicted molar refractivity (Wildman–Crippen MR) is 108 cm³/mol. The third-order valence-corrected chi connectivity index (χ3v) is 5.19. The second-order valence-electron chi connectivity index (χ2n) is 6.96. The lowest BCUT2D eigenvalue weighted by Gasteiger charge is -2.38. The van der Waals surface area contributed by atoms with Gasteiger partial charge in [-0.3, -0.25) is 9.69 Å². The van der Waals surface area contributed by atoms with Crippen molar-refractivity contribution in [3.8, 4) is 0 Å². The van der Waals surface area contributed by atoms with Crippen LogP contribution in [-0.4, -0.2) is 64.6 Å². The molecule has 148 valence electrons. The number of nitrogens with zero attached hydrogens (tertiary/aromatic N) is 4. The van der Waals surface area contributed by atoms with E-state index in [1.54, 1.807) is 24.1 Å². The standard InChI is InChI=1S/C20H23ClN4O3/c1-14-12-24(9-10-25(14)20(27)28)13-15-3-6-17(7-4-15)23(2)19(26)16-5-8-18(21)22-11-16/h3-8,11,14H,9-10,12-13H2,1-2H3,(H,27,28)/t14-/m0/s1. The molecule has 3 rings (SSSR count). The number of halogens is 1. The lowest BCUT2D eigenvalue weighted by Crippen LogP contribution is -2.53. The Balaban J connectivity index is 1.61. The SMILES string of the molecule is C[C@H]1CN(Cc2ccc(N(C)C(=O)c3ccc(Cl)nc3)cc2)CCN1C(=O)O. The van der Waals surface area contributed by atoms with Crippen LogP contribution in [0.1, 0.15) is 22.8 Å². The highest BCUT2D eigenvalue weighted by Crippen LogP contribution is 2.19. The maximum absolute atomic E-state index is 12.6. The molecule has 0 spiro atoms. The first-order chi connectivity index (χ1) is 13.3. The summed E-state index contributed by atoms with van der Waals surface area (Å²) >= 11 is 5.77. The van der Waals surface area contributed by atoms with E-state index in [0.29, 0.717) is 30.4 Å². The summed E-state index contributed by atoms with van der Waals surface area (Å²) in [4.78, 5) is 33.0. The van der Waals surface area contributed by atoms with Crippen molar-refractivity contribution in [1.82, 2.24) is 14.8 Å². The second-order valence-corrected chi connectivity index (χ2v) is 7.35. The maximum atomic E-state index is 12.6. The highest BCUT2D eigenvalue weighted by molar-refractivity contribution is 6.29. The second kappa shape index (κ2) is 8.58. The van der Waals surface area contributed by atoms with E-state index in [4.69, 9.17) is 11.6 Å². The summed E-state index contributed by atoms with van der Waals surface area (Å²) in [5.41, 5.74) is 2.38. The van der Waals surface area contributed by atoms with Gasteiger partial charge in [0.05, 0.1) is 5.56 Å². The van der Waals surface area contributed by atoms with Gasteiger partial charge in [-0.25, -0.2) is 9.78 Å². The number of pyridine rings is 1. The summed E-state index contributed by atoms with van der Waals surface area (Å²) in [6.45, 7) is 4.60. The van der Waals surface area contributed by atoms with Gasteiger partial charge >= 0.3 is 6.09 Å². The first-order valence-corrected chi connectivity index (χ1v) is 9.43. The van der Waals surface area contributed by atoms with Gasteiger partial charge < -0.3 is 14.9 Å². The van der Waals surface area contributed by atoms with Crippen LogP contribution in [-0.2, 0) is 6.54 Å². The monoisotopic (exact) mass is 402 g/mol. The Kier molecular flexibility index (Phi) is 6.16. The topological polar surface area (TPSA) is 77.0 Å². The van der Waals surface area contributed by atoms with Crippen LogP contribution in [0, 0.1) is 0 Å². The summed E-state index contributed by atoms with van der Waals surface area (Å²) in [6, 6.07) is 11.0. The minimum absolute atomic E-state index is 0.0257. The molecule has 0 aliphatic carbocycles. The molecule has 1 aliphatic rings. The predicted octanol–water partition coefficient (Wildman–Crippen LogP) is 3.20. The summed E-state index contributed by atoms with van der Waals surface area (Å²) in [5, 5.41) is 9.52. The molecule has 0 saturated carbocycles. The summed E-state index contributed by atoms with van der Waals surface area (Å²) < 4.78 is 0. The fourth-order valence-corrected chi connectivity index (χ4v) is 3.47. The Labute approximate surface area is 169 Å². The zero-order valence-electron chi connectivity index (χ0n) is 15.9. The van der Waals surface area contributed by atoms with E-state index in [-0.39, 0.29) is 11.9 Å². The molecule has 8 heteroatoms. The van der Waals surface area contributed by atoms with Crippen molar-refractivity contribution in [2.75, 3.05) is 31.6 Å². The third kappa shape index (κ3) is 4.61. The molecule has 1 atom stereocenters. The van der Waals surface area contributed by atoms with Crippen molar-refractivity contribution >= 4 is 29.3 Å².